The van der Waals surface area contributed by atoms with Crippen molar-refractivity contribution in [2.75, 3.05) is 20.8 Å². The van der Waals surface area contributed by atoms with E-state index in [9.17, 15) is 9.90 Å². The van der Waals surface area contributed by atoms with Gasteiger partial charge in [-0.15, -0.1) is 0 Å². The first kappa shape index (κ1) is 34.5. The zero-order chi connectivity index (χ0) is 35.0. The van der Waals surface area contributed by atoms with E-state index in [4.69, 9.17) is 23.4 Å². The predicted molar refractivity (Wildman–Crippen MR) is 188 cm³/mol. The lowest BCUT2D eigenvalue weighted by atomic mass is 9.80. The van der Waals surface area contributed by atoms with Gasteiger partial charge in [0.1, 0.15) is 35.4 Å². The van der Waals surface area contributed by atoms with E-state index < -0.39 is 44.0 Å². The van der Waals surface area contributed by atoms with Crippen molar-refractivity contribution in [3.8, 4) is 11.5 Å². The number of benzene rings is 3. The monoisotopic (exact) mass is 684 g/mol. The molecule has 0 aliphatic carbocycles. The number of aliphatic hydroxyl groups is 1. The summed E-state index contributed by atoms with van der Waals surface area (Å²) in [5, 5.41) is 18.2. The fraction of sp³-hybridized carbons (Fsp3) is 0.378. The Morgan fingerprint density at radius 2 is 1.47 bits per heavy atom. The van der Waals surface area contributed by atoms with Crippen molar-refractivity contribution < 1.29 is 28.5 Å². The number of methoxy groups -OCH3 is 2. The maximum absolute atomic E-state index is 12.5. The first-order valence-corrected chi connectivity index (χ1v) is 19.2. The van der Waals surface area contributed by atoms with E-state index in [1.165, 1.54) is 12.5 Å². The van der Waals surface area contributed by atoms with Crippen molar-refractivity contribution in [2.24, 2.45) is 0 Å². The second-order valence-electron chi connectivity index (χ2n) is 13.8. The summed E-state index contributed by atoms with van der Waals surface area (Å²) in [4.78, 5) is 16.8. The number of fused-ring (bicyclic) bond motifs is 1. The van der Waals surface area contributed by atoms with Gasteiger partial charge in [-0.2, -0.15) is 5.10 Å². The predicted octanol–water partition coefficient (Wildman–Crippen LogP) is 5.79. The maximum atomic E-state index is 12.5. The fourth-order valence-corrected chi connectivity index (χ4v) is 7.43. The summed E-state index contributed by atoms with van der Waals surface area (Å²) < 4.78 is 33.4. The number of aromatic amines is 1. The molecule has 1 aliphatic heterocycles. The third-order valence-electron chi connectivity index (χ3n) is 9.86. The Labute approximate surface area is 286 Å². The number of nitrogens with one attached hydrogen (secondary N) is 1. The molecule has 0 amide bonds. The van der Waals surface area contributed by atoms with Crippen LogP contribution < -0.4 is 15.0 Å². The van der Waals surface area contributed by atoms with Gasteiger partial charge in [0.25, 0.3) is 5.56 Å². The van der Waals surface area contributed by atoms with Gasteiger partial charge in [-0.25, -0.2) is 10.1 Å². The Kier molecular flexibility index (Phi) is 9.53. The highest BCUT2D eigenvalue weighted by molar-refractivity contribution is 6.74. The van der Waals surface area contributed by atoms with Crippen LogP contribution >= 0.6 is 0 Å². The molecule has 49 heavy (non-hydrogen) atoms. The van der Waals surface area contributed by atoms with Crippen LogP contribution in [0.1, 0.15) is 43.7 Å². The number of aromatic nitrogens is 4. The first-order chi connectivity index (χ1) is 23.4. The molecule has 3 heterocycles. The van der Waals surface area contributed by atoms with Gasteiger partial charge < -0.3 is 28.5 Å². The molecule has 1 unspecified atom stereocenters. The quantitative estimate of drug-likeness (QED) is 0.131. The molecule has 0 bridgehead atoms. The minimum atomic E-state index is -2.43. The van der Waals surface area contributed by atoms with Crippen LogP contribution in [0.2, 0.25) is 18.1 Å². The van der Waals surface area contributed by atoms with E-state index in [0.717, 1.165) is 16.7 Å². The third-order valence-corrected chi connectivity index (χ3v) is 14.3. The molecule has 12 heteroatoms. The molecule has 4 atom stereocenters. The molecule has 258 valence electrons. The van der Waals surface area contributed by atoms with Gasteiger partial charge in [-0.3, -0.25) is 9.36 Å². The summed E-state index contributed by atoms with van der Waals surface area (Å²) in [5.74, 6) is 1.43. The van der Waals surface area contributed by atoms with Crippen molar-refractivity contribution in [3.05, 3.63) is 118 Å². The van der Waals surface area contributed by atoms with Crippen LogP contribution in [-0.2, 0) is 19.5 Å². The van der Waals surface area contributed by atoms with E-state index in [0.29, 0.717) is 17.0 Å². The molecule has 1 saturated heterocycles. The molecule has 1 aliphatic rings. The molecule has 5 aromatic rings. The number of hydrogen-bond acceptors (Lipinski definition) is 9. The minimum Gasteiger partial charge on any atom is -0.497 e. The maximum Gasteiger partial charge on any atom is 0.292 e. The Balaban J connectivity index is 1.46. The van der Waals surface area contributed by atoms with Gasteiger partial charge >= 0.3 is 0 Å². The normalized spacial score (nSPS) is 20.1. The average molecular weight is 685 g/mol. The molecule has 3 aromatic carbocycles. The zero-order valence-corrected chi connectivity index (χ0v) is 29.9. The van der Waals surface area contributed by atoms with Crippen LogP contribution in [0.25, 0.3) is 11.0 Å². The summed E-state index contributed by atoms with van der Waals surface area (Å²) in [6, 6.07) is 25.6. The van der Waals surface area contributed by atoms with Crippen LogP contribution in [0.5, 0.6) is 11.5 Å². The van der Waals surface area contributed by atoms with Crippen molar-refractivity contribution in [1.29, 1.82) is 0 Å². The molecule has 2 aromatic heterocycles. The van der Waals surface area contributed by atoms with Gasteiger partial charge in [0, 0.05) is 0 Å². The van der Waals surface area contributed by atoms with E-state index in [1.54, 1.807) is 18.8 Å². The van der Waals surface area contributed by atoms with Crippen molar-refractivity contribution in [1.82, 2.24) is 19.7 Å². The van der Waals surface area contributed by atoms with Gasteiger partial charge in [-0.1, -0.05) is 75.4 Å². The summed E-state index contributed by atoms with van der Waals surface area (Å²) in [7, 11) is 0.837. The number of rotatable bonds is 11. The van der Waals surface area contributed by atoms with E-state index in [-0.39, 0.29) is 17.2 Å². The Morgan fingerprint density at radius 3 is 2.02 bits per heavy atom. The second kappa shape index (κ2) is 13.5. The van der Waals surface area contributed by atoms with Gasteiger partial charge in [0.2, 0.25) is 0 Å². The fourth-order valence-electron chi connectivity index (χ4n) is 6.11. The number of aliphatic hydroxyl groups excluding tert-OH is 1. The molecular weight excluding hydrogens is 641 g/mol. The minimum absolute atomic E-state index is 0.0469. The second-order valence-corrected chi connectivity index (χ2v) is 18.6. The van der Waals surface area contributed by atoms with Crippen LogP contribution in [0.3, 0.4) is 0 Å². The van der Waals surface area contributed by atoms with E-state index in [1.807, 2.05) is 78.9 Å². The molecule has 11 nitrogen and oxygen atoms in total. The van der Waals surface area contributed by atoms with Crippen LogP contribution in [0.4, 0.5) is 0 Å². The first-order valence-electron chi connectivity index (χ1n) is 16.3. The number of imidazole rings is 1. The van der Waals surface area contributed by atoms with E-state index >= 15 is 0 Å². The van der Waals surface area contributed by atoms with Crippen LogP contribution in [-0.4, -0.2) is 72.3 Å². The molecule has 0 saturated carbocycles. The zero-order valence-electron chi connectivity index (χ0n) is 28.9. The Bertz CT molecular complexity index is 1870. The Hall–Kier alpha value is -4.33. The third kappa shape index (κ3) is 6.42. The number of nitrogens with zero attached hydrogens (tertiary/aromatic N) is 3. The van der Waals surface area contributed by atoms with Gasteiger partial charge in [0.15, 0.2) is 20.1 Å². The van der Waals surface area contributed by atoms with Crippen LogP contribution in [0, 0.1) is 0 Å². The lowest BCUT2D eigenvalue weighted by molar-refractivity contribution is -0.0929. The number of ether oxygens (including phenoxy) is 4. The molecule has 2 N–H and O–H groups in total. The molecule has 0 radical (unpaired) electrons. The van der Waals surface area contributed by atoms with E-state index in [2.05, 4.69) is 49.0 Å². The van der Waals surface area contributed by atoms with Crippen molar-refractivity contribution >= 4 is 19.4 Å². The molecule has 1 fully saturated rings. The van der Waals surface area contributed by atoms with Crippen LogP contribution in [0.15, 0.2) is 96.2 Å². The largest absolute Gasteiger partial charge is 0.497 e. The highest BCUT2D eigenvalue weighted by Gasteiger charge is 2.51. The molecule has 0 spiro atoms. The highest BCUT2D eigenvalue weighted by Crippen LogP contribution is 2.45. The number of H-pyrrole nitrogens is 1. The van der Waals surface area contributed by atoms with Gasteiger partial charge in [-0.05, 0) is 59.1 Å². The van der Waals surface area contributed by atoms with Gasteiger partial charge in [0.05, 0.1) is 38.9 Å². The molecule has 6 rings (SSSR count). The average Bonchev–Trinajstić information content (AvgIpc) is 3.66. The smallest absolute Gasteiger partial charge is 0.292 e. The van der Waals surface area contributed by atoms with Crippen molar-refractivity contribution in [3.63, 3.8) is 0 Å². The Morgan fingerprint density at radius 1 is 0.898 bits per heavy atom. The molecular formula is C37H44N4O7Si. The summed E-state index contributed by atoms with van der Waals surface area (Å²) >= 11 is 0. The topological polar surface area (TPSA) is 130 Å². The summed E-state index contributed by atoms with van der Waals surface area (Å²) in [6.07, 6.45) is -0.483. The highest BCUT2D eigenvalue weighted by atomic mass is 28.4. The lowest BCUT2D eigenvalue weighted by Crippen LogP contribution is -2.50. The summed E-state index contributed by atoms with van der Waals surface area (Å²) in [5.41, 5.74) is 1.75. The standard InChI is InChI=1S/C37H44N4O7Si/c1-36(2,3)49(6,7)48-33-30(47-35(32(33)42)41-23-38-31-29(41)21-39-40-34(31)43)22-46-37(24-11-9-8-10-12-24,25-13-17-27(44-4)18-14-25)26-15-19-28(45-5)20-16-26/h8-21,23,30,32-33,35,42H,22H2,1-7H3,(H,40,43)/t30-,32-,33?,35-/m1/s1. The SMILES string of the molecule is COc1ccc(C(OC[C@H]2O[C@@H](n3cnc4c(=O)[nH]ncc43)[C@H](O)C2O[Si](C)(C)C(C)(C)C)(c2ccccc2)c2ccc(OC)cc2)cc1. The van der Waals surface area contributed by atoms with Crippen molar-refractivity contribution in [2.45, 2.75) is 69.0 Å². The lowest BCUT2D eigenvalue weighted by Gasteiger charge is -2.41. The summed E-state index contributed by atoms with van der Waals surface area (Å²) in [6.45, 7) is 10.8. The number of hydrogen-bond donors (Lipinski definition) is 2.